The highest BCUT2D eigenvalue weighted by atomic mass is 79.9. The lowest BCUT2D eigenvalue weighted by atomic mass is 10.3. The number of nitrogens with one attached hydrogen (secondary N) is 1. The molecule has 0 bridgehead atoms. The predicted molar refractivity (Wildman–Crippen MR) is 68.5 cm³/mol. The molecule has 0 heterocycles. The molecular weight excluding hydrogens is 286 g/mol. The summed E-state index contributed by atoms with van der Waals surface area (Å²) >= 11 is 3.30. The van der Waals surface area contributed by atoms with Crippen LogP contribution in [0.3, 0.4) is 0 Å². The van der Waals surface area contributed by atoms with Crippen molar-refractivity contribution < 1.29 is 14.3 Å². The van der Waals surface area contributed by atoms with E-state index in [1.165, 1.54) is 6.08 Å². The summed E-state index contributed by atoms with van der Waals surface area (Å²) in [6.45, 7) is 1.40. The van der Waals surface area contributed by atoms with Gasteiger partial charge in [0.2, 0.25) is 0 Å². The Morgan fingerprint density at radius 2 is 2.12 bits per heavy atom. The quantitative estimate of drug-likeness (QED) is 0.686. The normalized spacial score (nSPS) is 10.2. The highest BCUT2D eigenvalue weighted by Gasteiger charge is 2.06. The molecule has 4 nitrogen and oxygen atoms in total. The van der Waals surface area contributed by atoms with Crippen molar-refractivity contribution in [3.8, 4) is 0 Å². The zero-order valence-corrected chi connectivity index (χ0v) is 10.9. The number of amides is 1. The lowest BCUT2D eigenvalue weighted by Crippen LogP contribution is -2.20. The largest absolute Gasteiger partial charge is 0.452 e. The van der Waals surface area contributed by atoms with Gasteiger partial charge in [-0.2, -0.15) is 0 Å². The van der Waals surface area contributed by atoms with E-state index in [0.717, 1.165) is 4.47 Å². The molecule has 0 fully saturated rings. The van der Waals surface area contributed by atoms with Gasteiger partial charge >= 0.3 is 5.97 Å². The van der Waals surface area contributed by atoms with E-state index in [9.17, 15) is 9.59 Å². The zero-order valence-electron chi connectivity index (χ0n) is 9.27. The molecule has 1 aromatic carbocycles. The molecule has 90 valence electrons. The summed E-state index contributed by atoms with van der Waals surface area (Å²) in [5.41, 5.74) is 0.639. The van der Waals surface area contributed by atoms with Gasteiger partial charge in [0.25, 0.3) is 5.91 Å². The van der Waals surface area contributed by atoms with E-state index in [1.807, 2.05) is 6.07 Å². The van der Waals surface area contributed by atoms with Crippen molar-refractivity contribution >= 4 is 33.5 Å². The first-order chi connectivity index (χ1) is 8.13. The first kappa shape index (κ1) is 13.4. The Morgan fingerprint density at radius 3 is 2.76 bits per heavy atom. The fourth-order valence-electron chi connectivity index (χ4n) is 1.07. The summed E-state index contributed by atoms with van der Waals surface area (Å²) < 4.78 is 5.47. The van der Waals surface area contributed by atoms with Gasteiger partial charge in [0.15, 0.2) is 6.61 Å². The third-order valence-electron chi connectivity index (χ3n) is 1.80. The van der Waals surface area contributed by atoms with E-state index in [0.29, 0.717) is 5.69 Å². The topological polar surface area (TPSA) is 55.4 Å². The molecule has 0 unspecified atom stereocenters. The van der Waals surface area contributed by atoms with Crippen LogP contribution in [-0.2, 0) is 14.3 Å². The second-order valence-electron chi connectivity index (χ2n) is 3.14. The van der Waals surface area contributed by atoms with Gasteiger partial charge in [-0.15, -0.1) is 0 Å². The van der Waals surface area contributed by atoms with Crippen LogP contribution in [0.4, 0.5) is 5.69 Å². The molecule has 0 aliphatic carbocycles. The lowest BCUT2D eigenvalue weighted by molar-refractivity contribution is -0.142. The fraction of sp³-hybridized carbons (Fsp3) is 0.167. The molecule has 0 atom stereocenters. The minimum atomic E-state index is -0.533. The molecule has 0 aliphatic heterocycles. The van der Waals surface area contributed by atoms with E-state index in [2.05, 4.69) is 21.2 Å². The molecule has 1 aromatic rings. The molecule has 0 aromatic heterocycles. The maximum absolute atomic E-state index is 11.4. The number of halogens is 1. The highest BCUT2D eigenvalue weighted by Crippen LogP contribution is 2.20. The third-order valence-corrected chi connectivity index (χ3v) is 2.49. The van der Waals surface area contributed by atoms with E-state index in [1.54, 1.807) is 31.2 Å². The number of ether oxygens (including phenoxy) is 1. The maximum atomic E-state index is 11.4. The Hall–Kier alpha value is -1.62. The highest BCUT2D eigenvalue weighted by molar-refractivity contribution is 9.10. The minimum absolute atomic E-state index is 0.301. The van der Waals surface area contributed by atoms with Crippen LogP contribution in [0.2, 0.25) is 0 Å². The number of benzene rings is 1. The van der Waals surface area contributed by atoms with Crippen LogP contribution in [0.15, 0.2) is 40.9 Å². The van der Waals surface area contributed by atoms with Gasteiger partial charge in [-0.3, -0.25) is 4.79 Å². The molecule has 0 saturated carbocycles. The summed E-state index contributed by atoms with van der Waals surface area (Å²) in [6, 6.07) is 7.19. The van der Waals surface area contributed by atoms with Crippen molar-refractivity contribution in [2.24, 2.45) is 0 Å². The Morgan fingerprint density at radius 1 is 1.41 bits per heavy atom. The van der Waals surface area contributed by atoms with Gasteiger partial charge in [0.05, 0.1) is 5.69 Å². The number of allylic oxidation sites excluding steroid dienone is 1. The van der Waals surface area contributed by atoms with E-state index in [4.69, 9.17) is 4.74 Å². The molecule has 1 amide bonds. The van der Waals surface area contributed by atoms with Gasteiger partial charge in [0.1, 0.15) is 0 Å². The monoisotopic (exact) mass is 297 g/mol. The molecule has 1 N–H and O–H groups in total. The predicted octanol–water partition coefficient (Wildman–Crippen LogP) is 2.51. The number of carbonyl (C=O) groups excluding carboxylic acids is 2. The summed E-state index contributed by atoms with van der Waals surface area (Å²) in [6.07, 6.45) is 2.81. The Kier molecular flexibility index (Phi) is 5.42. The summed E-state index contributed by atoms with van der Waals surface area (Å²) in [7, 11) is 0. The second kappa shape index (κ2) is 6.85. The zero-order chi connectivity index (χ0) is 12.7. The maximum Gasteiger partial charge on any atom is 0.330 e. The fourth-order valence-corrected chi connectivity index (χ4v) is 1.45. The van der Waals surface area contributed by atoms with Crippen LogP contribution >= 0.6 is 15.9 Å². The van der Waals surface area contributed by atoms with Gasteiger partial charge in [-0.05, 0) is 35.0 Å². The number of hydrogen-bond donors (Lipinski definition) is 1. The molecule has 0 saturated heterocycles. The number of carbonyl (C=O) groups is 2. The number of esters is 1. The molecule has 1 rings (SSSR count). The third kappa shape index (κ3) is 4.82. The van der Waals surface area contributed by atoms with Crippen molar-refractivity contribution in [2.75, 3.05) is 11.9 Å². The summed E-state index contributed by atoms with van der Waals surface area (Å²) in [4.78, 5) is 22.4. The number of para-hydroxylation sites is 1. The molecule has 0 aliphatic rings. The van der Waals surface area contributed by atoms with Crippen LogP contribution in [0.1, 0.15) is 6.92 Å². The van der Waals surface area contributed by atoms with Gasteiger partial charge < -0.3 is 10.1 Å². The van der Waals surface area contributed by atoms with Crippen LogP contribution in [0.5, 0.6) is 0 Å². The summed E-state index contributed by atoms with van der Waals surface area (Å²) in [5.74, 6) is -0.912. The van der Waals surface area contributed by atoms with Crippen LogP contribution in [-0.4, -0.2) is 18.5 Å². The Balaban J connectivity index is 2.45. The SMILES string of the molecule is C/C=C/C(=O)OCC(=O)Nc1ccccc1Br. The van der Waals surface area contributed by atoms with E-state index in [-0.39, 0.29) is 12.5 Å². The molecule has 0 radical (unpaired) electrons. The Labute approximate surface area is 108 Å². The van der Waals surface area contributed by atoms with E-state index >= 15 is 0 Å². The molecule has 5 heteroatoms. The first-order valence-corrected chi connectivity index (χ1v) is 5.76. The van der Waals surface area contributed by atoms with Crippen molar-refractivity contribution in [1.29, 1.82) is 0 Å². The van der Waals surface area contributed by atoms with E-state index < -0.39 is 5.97 Å². The van der Waals surface area contributed by atoms with Gasteiger partial charge in [-0.1, -0.05) is 18.2 Å². The first-order valence-electron chi connectivity index (χ1n) is 4.97. The average Bonchev–Trinajstić information content (AvgIpc) is 2.30. The number of anilines is 1. The van der Waals surface area contributed by atoms with Gasteiger partial charge in [0, 0.05) is 10.5 Å². The van der Waals surface area contributed by atoms with Crippen LogP contribution in [0.25, 0.3) is 0 Å². The average molecular weight is 298 g/mol. The standard InChI is InChI=1S/C12H12BrNO3/c1-2-5-12(16)17-8-11(15)14-10-7-4-3-6-9(10)13/h2-7H,8H2,1H3,(H,14,15)/b5-2+. The van der Waals surface area contributed by atoms with Crippen molar-refractivity contribution in [3.63, 3.8) is 0 Å². The van der Waals surface area contributed by atoms with Crippen LogP contribution < -0.4 is 5.32 Å². The minimum Gasteiger partial charge on any atom is -0.452 e. The number of hydrogen-bond acceptors (Lipinski definition) is 3. The van der Waals surface area contributed by atoms with Crippen molar-refractivity contribution in [2.45, 2.75) is 6.92 Å². The smallest absolute Gasteiger partial charge is 0.330 e. The molecular formula is C12H12BrNO3. The van der Waals surface area contributed by atoms with Crippen molar-refractivity contribution in [3.05, 3.63) is 40.9 Å². The molecule has 0 spiro atoms. The Bertz CT molecular complexity index is 443. The number of rotatable bonds is 4. The van der Waals surface area contributed by atoms with Crippen molar-refractivity contribution in [1.82, 2.24) is 0 Å². The second-order valence-corrected chi connectivity index (χ2v) is 3.99. The van der Waals surface area contributed by atoms with Gasteiger partial charge in [-0.25, -0.2) is 4.79 Å². The molecule has 17 heavy (non-hydrogen) atoms. The van der Waals surface area contributed by atoms with Crippen LogP contribution in [0, 0.1) is 0 Å². The summed E-state index contributed by atoms with van der Waals surface area (Å²) in [5, 5.41) is 2.62. The lowest BCUT2D eigenvalue weighted by Gasteiger charge is -2.06.